The first kappa shape index (κ1) is 19.6. The van der Waals surface area contributed by atoms with Gasteiger partial charge in [0.25, 0.3) is 11.8 Å². The van der Waals surface area contributed by atoms with Gasteiger partial charge in [-0.2, -0.15) is 0 Å². The van der Waals surface area contributed by atoms with E-state index in [4.69, 9.17) is 4.74 Å². The molecule has 2 amide bonds. The second kappa shape index (κ2) is 8.25. The van der Waals surface area contributed by atoms with Crippen molar-refractivity contribution in [1.82, 2.24) is 0 Å². The number of carbonyl (C=O) groups excluding carboxylic acids is 3. The molecule has 0 aliphatic carbocycles. The minimum absolute atomic E-state index is 0.257. The van der Waals surface area contributed by atoms with Crippen molar-refractivity contribution in [2.75, 3.05) is 16.6 Å². The molecule has 6 nitrogen and oxygen atoms in total. The van der Waals surface area contributed by atoms with Crippen LogP contribution in [0.3, 0.4) is 0 Å². The van der Waals surface area contributed by atoms with Crippen LogP contribution in [0.1, 0.15) is 33.1 Å². The summed E-state index contributed by atoms with van der Waals surface area (Å²) in [6.45, 7) is 3.02. The highest BCUT2D eigenvalue weighted by Gasteiger charge is 2.59. The summed E-state index contributed by atoms with van der Waals surface area (Å²) in [7, 11) is 0. The van der Waals surface area contributed by atoms with Crippen molar-refractivity contribution in [1.29, 1.82) is 0 Å². The van der Waals surface area contributed by atoms with Gasteiger partial charge in [0, 0.05) is 6.92 Å². The lowest BCUT2D eigenvalue weighted by molar-refractivity contribution is -0.150. The number of ether oxygens (including phenoxy) is 1. The molecule has 0 atom stereocenters. The third kappa shape index (κ3) is 3.50. The fraction of sp³-hybridized carbons (Fsp3) is 0.318. The average Bonchev–Trinajstić information content (AvgIpc) is 2.93. The van der Waals surface area contributed by atoms with Gasteiger partial charge < -0.3 is 4.74 Å². The number of unbranched alkanes of at least 4 members (excludes halogenated alkanes) is 1. The Labute approximate surface area is 164 Å². The summed E-state index contributed by atoms with van der Waals surface area (Å²) >= 11 is 0. The Bertz CT molecular complexity index is 794. The van der Waals surface area contributed by atoms with E-state index in [1.54, 1.807) is 24.3 Å². The zero-order chi connectivity index (χ0) is 20.1. The van der Waals surface area contributed by atoms with Crippen LogP contribution < -0.4 is 10.0 Å². The molecule has 1 aliphatic heterocycles. The lowest BCUT2D eigenvalue weighted by Gasteiger charge is -2.27. The van der Waals surface area contributed by atoms with Crippen LogP contribution in [-0.4, -0.2) is 24.4 Å². The quantitative estimate of drug-likeness (QED) is 0.542. The molecule has 1 fully saturated rings. The molecule has 0 unspecified atom stereocenters. The Hall–Kier alpha value is -3.15. The SMILES string of the molecule is CCCCC1(COC(C)=O)C(=O)N(c2ccccc2)N(c2ccccc2)C1=O. The number of benzene rings is 2. The Morgan fingerprint density at radius 2 is 1.36 bits per heavy atom. The van der Waals surface area contributed by atoms with Crippen LogP contribution >= 0.6 is 0 Å². The molecule has 1 aliphatic rings. The van der Waals surface area contributed by atoms with E-state index in [0.29, 0.717) is 24.2 Å². The molecule has 6 heteroatoms. The third-order valence-corrected chi connectivity index (χ3v) is 4.88. The van der Waals surface area contributed by atoms with E-state index in [0.717, 1.165) is 6.42 Å². The molecule has 0 aromatic heterocycles. The minimum atomic E-state index is -1.42. The standard InChI is InChI=1S/C22H24N2O4/c1-3-4-15-22(16-28-17(2)25)20(26)23(18-11-7-5-8-12-18)24(21(22)27)19-13-9-6-10-14-19/h5-14H,3-4,15-16H2,1-2H3. The molecule has 0 spiro atoms. The lowest BCUT2D eigenvalue weighted by atomic mass is 9.82. The number of rotatable bonds is 7. The number of anilines is 2. The lowest BCUT2D eigenvalue weighted by Crippen LogP contribution is -2.41. The van der Waals surface area contributed by atoms with Crippen LogP contribution in [0.5, 0.6) is 0 Å². The van der Waals surface area contributed by atoms with E-state index < -0.39 is 11.4 Å². The largest absolute Gasteiger partial charge is 0.464 e. The molecule has 0 bridgehead atoms. The molecule has 1 saturated heterocycles. The highest BCUT2D eigenvalue weighted by atomic mass is 16.5. The number of hydrazine groups is 1. The van der Waals surface area contributed by atoms with Crippen LogP contribution in [-0.2, 0) is 19.1 Å². The predicted octanol–water partition coefficient (Wildman–Crippen LogP) is 3.72. The second-order valence-corrected chi connectivity index (χ2v) is 6.87. The molecule has 0 saturated carbocycles. The van der Waals surface area contributed by atoms with E-state index in [9.17, 15) is 14.4 Å². The summed E-state index contributed by atoms with van der Waals surface area (Å²) in [5.74, 6) is -1.26. The Morgan fingerprint density at radius 3 is 1.75 bits per heavy atom. The molecule has 146 valence electrons. The summed E-state index contributed by atoms with van der Waals surface area (Å²) in [5.41, 5.74) is -0.246. The van der Waals surface area contributed by atoms with Crippen LogP contribution in [0, 0.1) is 5.41 Å². The zero-order valence-electron chi connectivity index (χ0n) is 16.1. The first-order chi connectivity index (χ1) is 13.5. The molecule has 0 radical (unpaired) electrons. The van der Waals surface area contributed by atoms with Crippen LogP contribution in [0.15, 0.2) is 60.7 Å². The highest BCUT2D eigenvalue weighted by molar-refractivity contribution is 6.26. The van der Waals surface area contributed by atoms with Crippen molar-refractivity contribution in [3.05, 3.63) is 60.7 Å². The Morgan fingerprint density at radius 1 is 0.893 bits per heavy atom. The van der Waals surface area contributed by atoms with Gasteiger partial charge in [-0.3, -0.25) is 14.4 Å². The number of para-hydroxylation sites is 2. The Kier molecular flexibility index (Phi) is 5.78. The van der Waals surface area contributed by atoms with Gasteiger partial charge in [-0.25, -0.2) is 10.0 Å². The van der Waals surface area contributed by atoms with Gasteiger partial charge in [0.15, 0.2) is 5.41 Å². The molecular weight excluding hydrogens is 356 g/mol. The van der Waals surface area contributed by atoms with E-state index in [1.807, 2.05) is 43.3 Å². The van der Waals surface area contributed by atoms with Gasteiger partial charge in [0.1, 0.15) is 6.61 Å². The van der Waals surface area contributed by atoms with Gasteiger partial charge in [0.05, 0.1) is 11.4 Å². The maximum absolute atomic E-state index is 13.6. The number of hydrogen-bond acceptors (Lipinski definition) is 4. The number of esters is 1. The van der Waals surface area contributed by atoms with Gasteiger partial charge >= 0.3 is 5.97 Å². The molecule has 0 N–H and O–H groups in total. The maximum Gasteiger partial charge on any atom is 0.302 e. The summed E-state index contributed by atoms with van der Waals surface area (Å²) in [6.07, 6.45) is 1.81. The summed E-state index contributed by atoms with van der Waals surface area (Å²) in [4.78, 5) is 38.7. The summed E-state index contributed by atoms with van der Waals surface area (Å²) < 4.78 is 5.20. The van der Waals surface area contributed by atoms with Crippen molar-refractivity contribution in [3.63, 3.8) is 0 Å². The van der Waals surface area contributed by atoms with Crippen molar-refractivity contribution < 1.29 is 19.1 Å². The van der Waals surface area contributed by atoms with Gasteiger partial charge in [-0.15, -0.1) is 0 Å². The molecule has 3 rings (SSSR count). The normalized spacial score (nSPS) is 15.8. The highest BCUT2D eigenvalue weighted by Crippen LogP contribution is 2.42. The molecule has 2 aromatic rings. The van der Waals surface area contributed by atoms with E-state index in [-0.39, 0.29) is 18.4 Å². The first-order valence-corrected chi connectivity index (χ1v) is 9.44. The second-order valence-electron chi connectivity index (χ2n) is 6.87. The van der Waals surface area contributed by atoms with Crippen molar-refractivity contribution in [3.8, 4) is 0 Å². The Balaban J connectivity index is 2.12. The fourth-order valence-electron chi connectivity index (χ4n) is 3.40. The fourth-order valence-corrected chi connectivity index (χ4v) is 3.40. The average molecular weight is 380 g/mol. The smallest absolute Gasteiger partial charge is 0.302 e. The monoisotopic (exact) mass is 380 g/mol. The van der Waals surface area contributed by atoms with E-state index in [1.165, 1.54) is 16.9 Å². The van der Waals surface area contributed by atoms with Crippen LogP contribution in [0.25, 0.3) is 0 Å². The van der Waals surface area contributed by atoms with Crippen LogP contribution in [0.2, 0.25) is 0 Å². The number of amides is 2. The first-order valence-electron chi connectivity index (χ1n) is 9.44. The van der Waals surface area contributed by atoms with E-state index in [2.05, 4.69) is 0 Å². The zero-order valence-corrected chi connectivity index (χ0v) is 16.1. The number of carbonyl (C=O) groups is 3. The maximum atomic E-state index is 13.6. The van der Waals surface area contributed by atoms with Crippen molar-refractivity contribution in [2.24, 2.45) is 5.41 Å². The summed E-state index contributed by atoms with van der Waals surface area (Å²) in [5, 5.41) is 2.80. The minimum Gasteiger partial charge on any atom is -0.464 e. The molecule has 1 heterocycles. The summed E-state index contributed by atoms with van der Waals surface area (Å²) in [6, 6.07) is 18.1. The van der Waals surface area contributed by atoms with Crippen molar-refractivity contribution >= 4 is 29.2 Å². The predicted molar refractivity (Wildman–Crippen MR) is 106 cm³/mol. The van der Waals surface area contributed by atoms with Gasteiger partial charge in [-0.05, 0) is 30.7 Å². The van der Waals surface area contributed by atoms with Gasteiger partial charge in [-0.1, -0.05) is 56.2 Å². The van der Waals surface area contributed by atoms with Gasteiger partial charge in [0.2, 0.25) is 0 Å². The van der Waals surface area contributed by atoms with Crippen LogP contribution in [0.4, 0.5) is 11.4 Å². The third-order valence-electron chi connectivity index (χ3n) is 4.88. The van der Waals surface area contributed by atoms with Crippen molar-refractivity contribution in [2.45, 2.75) is 33.1 Å². The van der Waals surface area contributed by atoms with E-state index >= 15 is 0 Å². The number of nitrogens with zero attached hydrogens (tertiary/aromatic N) is 2. The topological polar surface area (TPSA) is 66.9 Å². The number of hydrogen-bond donors (Lipinski definition) is 0. The molecular formula is C22H24N2O4. The molecule has 28 heavy (non-hydrogen) atoms. The molecule has 2 aromatic carbocycles.